The summed E-state index contributed by atoms with van der Waals surface area (Å²) in [6.07, 6.45) is 2.01. The summed E-state index contributed by atoms with van der Waals surface area (Å²) in [5.41, 5.74) is 1.40. The van der Waals surface area contributed by atoms with Crippen LogP contribution in [0.25, 0.3) is 10.6 Å². The maximum Gasteiger partial charge on any atom is 0.347 e. The number of hydrogen-bond acceptors (Lipinski definition) is 5. The van der Waals surface area contributed by atoms with Crippen LogP contribution in [0.1, 0.15) is 15.4 Å². The van der Waals surface area contributed by atoms with E-state index in [9.17, 15) is 4.79 Å². The minimum absolute atomic E-state index is 0.209. The number of nitrogens with zero attached hydrogens (tertiary/aromatic N) is 1. The molecular formula is C13H13NO3S2. The van der Waals surface area contributed by atoms with Crippen molar-refractivity contribution in [3.63, 3.8) is 0 Å². The zero-order chi connectivity index (χ0) is 13.8. The topological polar surface area (TPSA) is 59.4 Å². The van der Waals surface area contributed by atoms with E-state index in [-0.39, 0.29) is 11.5 Å². The minimum atomic E-state index is -0.962. The molecule has 0 bridgehead atoms. The Morgan fingerprint density at radius 3 is 2.63 bits per heavy atom. The number of thiazole rings is 1. The van der Waals surface area contributed by atoms with Crippen LogP contribution in [0, 0.1) is 0 Å². The fourth-order valence-corrected chi connectivity index (χ4v) is 2.93. The monoisotopic (exact) mass is 295 g/mol. The molecule has 4 nitrogen and oxygen atoms in total. The summed E-state index contributed by atoms with van der Waals surface area (Å²) in [5, 5.41) is 9.85. The lowest BCUT2D eigenvalue weighted by Gasteiger charge is -1.98. The molecule has 1 heterocycles. The van der Waals surface area contributed by atoms with Crippen molar-refractivity contribution in [2.75, 3.05) is 13.4 Å². The van der Waals surface area contributed by atoms with Gasteiger partial charge in [-0.25, -0.2) is 9.78 Å². The van der Waals surface area contributed by atoms with E-state index in [4.69, 9.17) is 9.84 Å². The molecule has 0 aliphatic heterocycles. The van der Waals surface area contributed by atoms with Crippen LogP contribution in [0.5, 0.6) is 0 Å². The Bertz CT molecular complexity index is 578. The number of benzene rings is 1. The summed E-state index contributed by atoms with van der Waals surface area (Å²) in [7, 11) is 1.53. The van der Waals surface area contributed by atoms with E-state index in [1.807, 2.05) is 30.5 Å². The smallest absolute Gasteiger partial charge is 0.347 e. The van der Waals surface area contributed by atoms with Crippen LogP contribution < -0.4 is 0 Å². The van der Waals surface area contributed by atoms with Crippen molar-refractivity contribution >= 4 is 29.1 Å². The van der Waals surface area contributed by atoms with Gasteiger partial charge >= 0.3 is 5.97 Å². The van der Waals surface area contributed by atoms with Gasteiger partial charge < -0.3 is 9.84 Å². The molecule has 1 N–H and O–H groups in total. The number of carboxylic acid groups (broad SMARTS) is 1. The number of carbonyl (C=O) groups is 1. The zero-order valence-electron chi connectivity index (χ0n) is 10.5. The highest BCUT2D eigenvalue weighted by molar-refractivity contribution is 7.98. The SMILES string of the molecule is COCc1nc(-c2ccc(SC)cc2)sc1C(=O)O. The number of aromatic nitrogens is 1. The molecule has 0 unspecified atom stereocenters. The second kappa shape index (κ2) is 6.18. The molecule has 0 spiro atoms. The highest BCUT2D eigenvalue weighted by Gasteiger charge is 2.17. The Morgan fingerprint density at radius 1 is 1.42 bits per heavy atom. The van der Waals surface area contributed by atoms with Crippen LogP contribution in [0.15, 0.2) is 29.2 Å². The standard InChI is InChI=1S/C13H13NO3S2/c1-17-7-10-11(13(15)16)19-12(14-10)8-3-5-9(18-2)6-4-8/h3-6H,7H2,1-2H3,(H,15,16). The first-order chi connectivity index (χ1) is 9.15. The summed E-state index contributed by atoms with van der Waals surface area (Å²) in [6, 6.07) is 7.90. The first-order valence-electron chi connectivity index (χ1n) is 5.52. The Balaban J connectivity index is 2.38. The van der Waals surface area contributed by atoms with Gasteiger partial charge in [0.15, 0.2) is 0 Å². The van der Waals surface area contributed by atoms with Crippen molar-refractivity contribution in [1.82, 2.24) is 4.98 Å². The molecule has 0 aliphatic rings. The van der Waals surface area contributed by atoms with E-state index in [1.54, 1.807) is 11.8 Å². The molecule has 0 fully saturated rings. The van der Waals surface area contributed by atoms with Gasteiger partial charge in [-0.15, -0.1) is 23.1 Å². The molecule has 2 rings (SSSR count). The summed E-state index contributed by atoms with van der Waals surface area (Å²) in [5.74, 6) is -0.962. The lowest BCUT2D eigenvalue weighted by atomic mass is 10.2. The van der Waals surface area contributed by atoms with Gasteiger partial charge in [-0.3, -0.25) is 0 Å². The van der Waals surface area contributed by atoms with E-state index in [2.05, 4.69) is 4.98 Å². The Labute approximate surface area is 119 Å². The van der Waals surface area contributed by atoms with Crippen molar-refractivity contribution < 1.29 is 14.6 Å². The van der Waals surface area contributed by atoms with Crippen LogP contribution in [0.3, 0.4) is 0 Å². The summed E-state index contributed by atoms with van der Waals surface area (Å²) in [6.45, 7) is 0.209. The quantitative estimate of drug-likeness (QED) is 0.857. The van der Waals surface area contributed by atoms with E-state index >= 15 is 0 Å². The van der Waals surface area contributed by atoms with Gasteiger partial charge in [0.05, 0.1) is 12.3 Å². The number of rotatable bonds is 5. The summed E-state index contributed by atoms with van der Waals surface area (Å²) >= 11 is 2.84. The van der Waals surface area contributed by atoms with Gasteiger partial charge in [-0.1, -0.05) is 12.1 Å². The Kier molecular flexibility index (Phi) is 4.57. The Hall–Kier alpha value is -1.37. The molecule has 2 aromatic rings. The number of ether oxygens (including phenoxy) is 1. The largest absolute Gasteiger partial charge is 0.477 e. The molecule has 0 atom stereocenters. The fourth-order valence-electron chi connectivity index (χ4n) is 1.61. The average Bonchev–Trinajstić information content (AvgIpc) is 2.83. The van der Waals surface area contributed by atoms with Crippen LogP contribution in [0.2, 0.25) is 0 Å². The maximum atomic E-state index is 11.2. The van der Waals surface area contributed by atoms with Crippen molar-refractivity contribution in [2.24, 2.45) is 0 Å². The summed E-state index contributed by atoms with van der Waals surface area (Å²) in [4.78, 5) is 16.9. The van der Waals surface area contributed by atoms with Crippen LogP contribution in [-0.4, -0.2) is 29.4 Å². The lowest BCUT2D eigenvalue weighted by Crippen LogP contribution is -1.99. The zero-order valence-corrected chi connectivity index (χ0v) is 12.2. The first-order valence-corrected chi connectivity index (χ1v) is 7.56. The summed E-state index contributed by atoms with van der Waals surface area (Å²) < 4.78 is 4.98. The maximum absolute atomic E-state index is 11.2. The molecule has 0 saturated carbocycles. The molecule has 1 aromatic heterocycles. The second-order valence-corrected chi connectivity index (χ2v) is 5.64. The molecule has 0 radical (unpaired) electrons. The predicted octanol–water partition coefficient (Wildman–Crippen LogP) is 3.38. The fraction of sp³-hybridized carbons (Fsp3) is 0.231. The molecule has 19 heavy (non-hydrogen) atoms. The highest BCUT2D eigenvalue weighted by Crippen LogP contribution is 2.29. The van der Waals surface area contributed by atoms with E-state index in [1.165, 1.54) is 18.4 Å². The van der Waals surface area contributed by atoms with Crippen LogP contribution in [0.4, 0.5) is 0 Å². The normalized spacial score (nSPS) is 10.6. The number of thioether (sulfide) groups is 1. The van der Waals surface area contributed by atoms with Crippen molar-refractivity contribution in [3.05, 3.63) is 34.8 Å². The molecular weight excluding hydrogens is 282 g/mol. The molecule has 100 valence electrons. The van der Waals surface area contributed by atoms with Gasteiger partial charge in [-0.05, 0) is 18.4 Å². The predicted molar refractivity (Wildman–Crippen MR) is 77.0 cm³/mol. The third-order valence-electron chi connectivity index (χ3n) is 2.51. The van der Waals surface area contributed by atoms with Crippen molar-refractivity contribution in [3.8, 4) is 10.6 Å². The number of aromatic carboxylic acids is 1. The van der Waals surface area contributed by atoms with Crippen molar-refractivity contribution in [2.45, 2.75) is 11.5 Å². The Morgan fingerprint density at radius 2 is 2.11 bits per heavy atom. The van der Waals surface area contributed by atoms with E-state index in [0.717, 1.165) is 10.5 Å². The third kappa shape index (κ3) is 3.15. The van der Waals surface area contributed by atoms with E-state index in [0.29, 0.717) is 10.7 Å². The number of carboxylic acids is 1. The van der Waals surface area contributed by atoms with Gasteiger partial charge in [0.2, 0.25) is 0 Å². The van der Waals surface area contributed by atoms with Crippen molar-refractivity contribution in [1.29, 1.82) is 0 Å². The highest BCUT2D eigenvalue weighted by atomic mass is 32.2. The van der Waals surface area contributed by atoms with Gasteiger partial charge in [0.25, 0.3) is 0 Å². The van der Waals surface area contributed by atoms with Gasteiger partial charge in [0, 0.05) is 17.6 Å². The number of methoxy groups -OCH3 is 1. The van der Waals surface area contributed by atoms with Crippen LogP contribution in [-0.2, 0) is 11.3 Å². The van der Waals surface area contributed by atoms with E-state index < -0.39 is 5.97 Å². The van der Waals surface area contributed by atoms with Gasteiger partial charge in [0.1, 0.15) is 9.88 Å². The second-order valence-electron chi connectivity index (χ2n) is 3.76. The minimum Gasteiger partial charge on any atom is -0.477 e. The third-order valence-corrected chi connectivity index (χ3v) is 4.39. The molecule has 1 aromatic carbocycles. The van der Waals surface area contributed by atoms with Crippen LogP contribution >= 0.6 is 23.1 Å². The average molecular weight is 295 g/mol. The van der Waals surface area contributed by atoms with Gasteiger partial charge in [-0.2, -0.15) is 0 Å². The number of hydrogen-bond donors (Lipinski definition) is 1. The first kappa shape index (κ1) is 14.0. The molecule has 0 amide bonds. The molecule has 6 heteroatoms. The molecule has 0 saturated heterocycles. The molecule has 0 aliphatic carbocycles. The lowest BCUT2D eigenvalue weighted by molar-refractivity contribution is 0.0697.